The Kier molecular flexibility index (Phi) is 3.72. The Bertz CT molecular complexity index is 930. The quantitative estimate of drug-likeness (QED) is 0.231. The molecular weight excluding hydrogens is 460 g/mol. The average molecular weight is 471 g/mol. The highest BCUT2D eigenvalue weighted by atomic mass is 127. The Hall–Kier alpha value is -1.09. The van der Waals surface area contributed by atoms with Gasteiger partial charge in [0.05, 0.1) is 6.61 Å². The van der Waals surface area contributed by atoms with E-state index in [1.54, 1.807) is 0 Å². The number of aliphatic hydroxyl groups is 1. The molecule has 0 bridgehead atoms. The molecule has 2 fully saturated rings. The fraction of sp³-hybridized carbons (Fsp3) is 0.500. The molecule has 0 saturated carbocycles. The molecule has 24 heavy (non-hydrogen) atoms. The van der Waals surface area contributed by atoms with Crippen LogP contribution in [-0.2, 0) is 18.3 Å². The summed E-state index contributed by atoms with van der Waals surface area (Å²) in [6, 6.07) is 0. The number of ether oxygens (including phenoxy) is 1. The summed E-state index contributed by atoms with van der Waals surface area (Å²) in [5.41, 5.74) is 5.18. The molecule has 12 nitrogen and oxygen atoms in total. The van der Waals surface area contributed by atoms with Crippen molar-refractivity contribution in [2.75, 3.05) is 12.3 Å². The smallest absolute Gasteiger partial charge is 0.386 e. The first-order valence-corrected chi connectivity index (χ1v) is 9.27. The van der Waals surface area contributed by atoms with Gasteiger partial charge < -0.3 is 20.5 Å². The molecule has 5 atom stereocenters. The largest absolute Gasteiger partial charge is 0.472 e. The number of phosphoric ester groups is 1. The summed E-state index contributed by atoms with van der Waals surface area (Å²) < 4.78 is 28.5. The van der Waals surface area contributed by atoms with E-state index in [9.17, 15) is 19.4 Å². The maximum Gasteiger partial charge on any atom is 0.472 e. The number of phosphoric acid groups is 1. The van der Waals surface area contributed by atoms with Crippen molar-refractivity contribution in [1.82, 2.24) is 19.5 Å². The van der Waals surface area contributed by atoms with Gasteiger partial charge in [-0.1, -0.05) is 0 Å². The number of rotatable bonds is 1. The molecule has 0 aliphatic carbocycles. The van der Waals surface area contributed by atoms with Gasteiger partial charge in [-0.15, -0.1) is 0 Å². The Morgan fingerprint density at radius 1 is 1.46 bits per heavy atom. The van der Waals surface area contributed by atoms with Crippen molar-refractivity contribution in [1.29, 1.82) is 0 Å². The summed E-state index contributed by atoms with van der Waals surface area (Å²) in [5.74, 6) is -0.116. The van der Waals surface area contributed by atoms with Gasteiger partial charge >= 0.3 is 7.82 Å². The van der Waals surface area contributed by atoms with E-state index in [-0.39, 0.29) is 23.7 Å². The number of aliphatic hydroxyl groups excluding tert-OH is 1. The predicted octanol–water partition coefficient (Wildman–Crippen LogP) is -0.920. The number of halogens is 1. The van der Waals surface area contributed by atoms with Crippen molar-refractivity contribution in [3.8, 4) is 0 Å². The van der Waals surface area contributed by atoms with Gasteiger partial charge in [-0.25, -0.2) is 9.55 Å². The van der Waals surface area contributed by atoms with Gasteiger partial charge in [0, 0.05) is 22.6 Å². The fourth-order valence-corrected chi connectivity index (χ4v) is 4.46. The molecular formula is C10H11IN5O7P. The maximum absolute atomic E-state index is 11.9. The van der Waals surface area contributed by atoms with Crippen LogP contribution in [0.15, 0.2) is 4.79 Å². The van der Waals surface area contributed by atoms with Gasteiger partial charge in [0.15, 0.2) is 21.2 Å². The summed E-state index contributed by atoms with van der Waals surface area (Å²) in [4.78, 5) is 31.8. The number of nitrogens with zero attached hydrogens (tertiary/aromatic N) is 3. The number of nitrogens with one attached hydrogen (secondary N) is 1. The van der Waals surface area contributed by atoms with Crippen molar-refractivity contribution in [2.45, 2.75) is 24.5 Å². The van der Waals surface area contributed by atoms with Crippen molar-refractivity contribution in [3.63, 3.8) is 0 Å². The molecule has 130 valence electrons. The summed E-state index contributed by atoms with van der Waals surface area (Å²) in [5, 5.41) is 10.5. The third-order valence-corrected chi connectivity index (χ3v) is 5.49. The average Bonchev–Trinajstić information content (AvgIpc) is 2.96. The van der Waals surface area contributed by atoms with Crippen LogP contribution in [0.3, 0.4) is 0 Å². The number of aromatic nitrogens is 4. The lowest BCUT2D eigenvalue weighted by Crippen LogP contribution is -2.39. The van der Waals surface area contributed by atoms with E-state index in [0.29, 0.717) is 3.83 Å². The van der Waals surface area contributed by atoms with Gasteiger partial charge in [0.25, 0.3) is 5.56 Å². The normalized spacial score (nSPS) is 36.1. The van der Waals surface area contributed by atoms with Crippen LogP contribution < -0.4 is 11.3 Å². The topological polar surface area (TPSA) is 175 Å². The van der Waals surface area contributed by atoms with Gasteiger partial charge in [-0.2, -0.15) is 4.98 Å². The van der Waals surface area contributed by atoms with E-state index in [2.05, 4.69) is 19.5 Å². The maximum atomic E-state index is 11.9. The van der Waals surface area contributed by atoms with Crippen LogP contribution in [0.4, 0.5) is 5.95 Å². The van der Waals surface area contributed by atoms with Crippen molar-refractivity contribution < 1.29 is 28.3 Å². The number of hydrogen-bond donors (Lipinski definition) is 4. The zero-order chi connectivity index (χ0) is 17.2. The molecule has 14 heteroatoms. The molecule has 0 spiro atoms. The van der Waals surface area contributed by atoms with Crippen LogP contribution in [0, 0.1) is 3.83 Å². The monoisotopic (exact) mass is 471 g/mol. The number of anilines is 1. The summed E-state index contributed by atoms with van der Waals surface area (Å²) >= 11 is 1.85. The minimum Gasteiger partial charge on any atom is -0.386 e. The van der Waals surface area contributed by atoms with Crippen LogP contribution in [0.5, 0.6) is 0 Å². The second-order valence-electron chi connectivity index (χ2n) is 5.26. The predicted molar refractivity (Wildman–Crippen MR) is 85.8 cm³/mol. The molecule has 2 aliphatic rings. The Morgan fingerprint density at radius 3 is 2.96 bits per heavy atom. The third kappa shape index (κ3) is 2.47. The molecule has 0 radical (unpaired) electrons. The standard InChI is InChI=1S/C10H11IN5O7P/c11-9-13-3-6(14-10(12)15-7(3)18)16(9)8-4(17)5-2(22-8)1-21-24(19,20)23-5/h2,4-5,8,17H,1H2,(H,19,20)(H3,12,14,15,18)/t2-,4-,5-,8-/m1/s1. The Labute approximate surface area is 146 Å². The molecule has 2 saturated heterocycles. The molecule has 2 aromatic heterocycles. The first kappa shape index (κ1) is 16.4. The van der Waals surface area contributed by atoms with Crippen molar-refractivity contribution >= 4 is 47.5 Å². The van der Waals surface area contributed by atoms with E-state index in [1.807, 2.05) is 22.6 Å². The molecule has 2 aliphatic heterocycles. The molecule has 4 rings (SSSR count). The number of fused-ring (bicyclic) bond motifs is 2. The molecule has 0 aromatic carbocycles. The lowest BCUT2D eigenvalue weighted by Gasteiger charge is -2.27. The molecule has 5 N–H and O–H groups in total. The number of hydrogen-bond acceptors (Lipinski definition) is 9. The lowest BCUT2D eigenvalue weighted by atomic mass is 10.1. The van der Waals surface area contributed by atoms with Gasteiger partial charge in [0.1, 0.15) is 18.3 Å². The van der Waals surface area contributed by atoms with Crippen LogP contribution in [0.25, 0.3) is 11.2 Å². The molecule has 1 unspecified atom stereocenters. The van der Waals surface area contributed by atoms with E-state index in [4.69, 9.17) is 15.0 Å². The summed E-state index contributed by atoms with van der Waals surface area (Å²) in [7, 11) is -4.23. The molecule has 0 amide bonds. The summed E-state index contributed by atoms with van der Waals surface area (Å²) in [6.45, 7) is -0.217. The first-order valence-electron chi connectivity index (χ1n) is 6.69. The SMILES string of the molecule is Nc1nc2c(nc(I)n2[C@@H]2O[C@@H]3COP(=O)(O)O[C@H]3[C@H]2O)c(=O)[nH]1. The van der Waals surface area contributed by atoms with E-state index in [1.165, 1.54) is 4.57 Å². The second-order valence-corrected chi connectivity index (χ2v) is 7.64. The highest BCUT2D eigenvalue weighted by Crippen LogP contribution is 2.52. The molecule has 4 heterocycles. The van der Waals surface area contributed by atoms with Crippen molar-refractivity contribution in [3.05, 3.63) is 14.2 Å². The van der Waals surface area contributed by atoms with E-state index in [0.717, 1.165) is 0 Å². The minimum atomic E-state index is -4.23. The number of imidazole rings is 1. The van der Waals surface area contributed by atoms with Crippen LogP contribution >= 0.6 is 30.4 Å². The number of nitrogen functional groups attached to an aromatic ring is 1. The highest BCUT2D eigenvalue weighted by molar-refractivity contribution is 14.1. The van der Waals surface area contributed by atoms with Gasteiger partial charge in [-0.05, 0) is 0 Å². The van der Waals surface area contributed by atoms with Crippen LogP contribution in [-0.4, -0.2) is 54.4 Å². The van der Waals surface area contributed by atoms with Crippen LogP contribution in [0.1, 0.15) is 6.23 Å². The minimum absolute atomic E-state index is 0.0317. The van der Waals surface area contributed by atoms with Crippen LogP contribution in [0.2, 0.25) is 0 Å². The van der Waals surface area contributed by atoms with Gasteiger partial charge in [0.2, 0.25) is 5.95 Å². The molecule has 2 aromatic rings. The Balaban J connectivity index is 1.80. The van der Waals surface area contributed by atoms with Crippen molar-refractivity contribution in [2.24, 2.45) is 0 Å². The Morgan fingerprint density at radius 2 is 2.21 bits per heavy atom. The highest BCUT2D eigenvalue weighted by Gasteiger charge is 2.53. The second kappa shape index (κ2) is 5.45. The fourth-order valence-electron chi connectivity index (χ4n) is 2.75. The number of nitrogens with two attached hydrogens (primary N) is 1. The number of H-pyrrole nitrogens is 1. The van der Waals surface area contributed by atoms with Gasteiger partial charge in [-0.3, -0.25) is 23.4 Å². The zero-order valence-corrected chi connectivity index (χ0v) is 14.7. The first-order chi connectivity index (χ1) is 11.3. The van der Waals surface area contributed by atoms with E-state index < -0.39 is 37.9 Å². The summed E-state index contributed by atoms with van der Waals surface area (Å²) in [6.07, 6.45) is -4.15. The number of aromatic amines is 1. The zero-order valence-electron chi connectivity index (χ0n) is 11.7. The third-order valence-electron chi connectivity index (χ3n) is 3.75. The lowest BCUT2D eigenvalue weighted by molar-refractivity contribution is -0.0670. The van der Waals surface area contributed by atoms with E-state index >= 15 is 0 Å².